The molecular weight excluding hydrogens is 394 g/mol. The summed E-state index contributed by atoms with van der Waals surface area (Å²) in [7, 11) is 6.93. The Morgan fingerprint density at radius 3 is 2.54 bits per heavy atom. The lowest BCUT2D eigenvalue weighted by atomic mass is 9.94. The van der Waals surface area contributed by atoms with Gasteiger partial charge in [-0.3, -0.25) is 5.10 Å². The van der Waals surface area contributed by atoms with Crippen LogP contribution in [0.3, 0.4) is 0 Å². The van der Waals surface area contributed by atoms with Gasteiger partial charge in [0.2, 0.25) is 0 Å². The van der Waals surface area contributed by atoms with Crippen molar-refractivity contribution in [3.63, 3.8) is 0 Å². The molecule has 0 unspecified atom stereocenters. The number of piperidine rings is 1. The summed E-state index contributed by atoms with van der Waals surface area (Å²) < 4.78 is 0. The third kappa shape index (κ3) is 3.75. The van der Waals surface area contributed by atoms with Crippen LogP contribution in [0.25, 0.3) is 5.57 Å². The number of hydrogen-bond donors (Lipinski definition) is 1. The molecular formula is C20H20ClN5OS. The van der Waals surface area contributed by atoms with Crippen molar-refractivity contribution in [1.82, 2.24) is 20.0 Å². The topological polar surface area (TPSA) is 76.0 Å². The molecule has 28 heavy (non-hydrogen) atoms. The van der Waals surface area contributed by atoms with Gasteiger partial charge in [-0.1, -0.05) is 12.1 Å². The van der Waals surface area contributed by atoms with Gasteiger partial charge in [-0.15, -0.1) is 0 Å². The van der Waals surface area contributed by atoms with Gasteiger partial charge in [0.1, 0.15) is 0 Å². The highest BCUT2D eigenvalue weighted by atomic mass is 35.7. The Balaban J connectivity index is 1.42. The Hall–Kier alpha value is -2.43. The summed E-state index contributed by atoms with van der Waals surface area (Å²) in [4.78, 5) is 17.6. The molecule has 4 rings (SSSR count). The molecule has 2 amide bonds. The van der Waals surface area contributed by atoms with Gasteiger partial charge in [0.05, 0.1) is 24.4 Å². The molecule has 0 saturated carbocycles. The van der Waals surface area contributed by atoms with Crippen molar-refractivity contribution in [1.29, 1.82) is 5.26 Å². The van der Waals surface area contributed by atoms with E-state index in [9.17, 15) is 10.1 Å². The van der Waals surface area contributed by atoms with E-state index in [1.165, 1.54) is 0 Å². The number of likely N-dealkylation sites (tertiary alicyclic amines) is 1. The van der Waals surface area contributed by atoms with Crippen molar-refractivity contribution in [3.05, 3.63) is 52.9 Å². The minimum absolute atomic E-state index is 0.0768. The van der Waals surface area contributed by atoms with Crippen molar-refractivity contribution in [2.24, 2.45) is 0 Å². The maximum absolute atomic E-state index is 12.9. The van der Waals surface area contributed by atoms with Crippen LogP contribution in [0.15, 0.2) is 40.9 Å². The molecule has 0 radical (unpaired) electrons. The molecule has 1 aromatic carbocycles. The largest absolute Gasteiger partial charge is 0.324 e. The minimum atomic E-state index is 0.0768. The van der Waals surface area contributed by atoms with Crippen LogP contribution in [0.1, 0.15) is 29.7 Å². The number of H-pyrrole nitrogens is 1. The predicted octanol–water partition coefficient (Wildman–Crippen LogP) is 4.21. The number of rotatable bonds is 2. The lowest BCUT2D eigenvalue weighted by Crippen LogP contribution is -2.47. The third-order valence-corrected chi connectivity index (χ3v) is 6.39. The molecule has 1 fully saturated rings. The zero-order valence-corrected chi connectivity index (χ0v) is 16.9. The Labute approximate surface area is 172 Å². The van der Waals surface area contributed by atoms with Crippen molar-refractivity contribution in [2.45, 2.75) is 30.7 Å². The Morgan fingerprint density at radius 1 is 1.14 bits per heavy atom. The van der Waals surface area contributed by atoms with Crippen LogP contribution in [0.4, 0.5) is 4.79 Å². The molecule has 2 aromatic rings. The number of aromatic amines is 1. The average molecular weight is 414 g/mol. The number of aromatic nitrogens is 2. The quantitative estimate of drug-likeness (QED) is 0.748. The number of carbonyl (C=O) groups excluding carboxylic acids is 1. The summed E-state index contributed by atoms with van der Waals surface area (Å²) in [5, 5.41) is 16.7. The fourth-order valence-electron chi connectivity index (χ4n) is 3.82. The standard InChI is InChI=1S/C20H20ClN5OS/c21-28-17-3-1-14(2-4-17)18(11-22)15-5-8-25(9-6-15)20(27)26-10-7-19-16(13-26)12-23-24-19/h1-4,12H,5-10,13H2,(H,23,24). The Kier molecular flexibility index (Phi) is 5.60. The summed E-state index contributed by atoms with van der Waals surface area (Å²) in [6.07, 6.45) is 4.07. The lowest BCUT2D eigenvalue weighted by molar-refractivity contribution is 0.144. The zero-order valence-electron chi connectivity index (χ0n) is 15.3. The third-order valence-electron chi connectivity index (χ3n) is 5.41. The first-order chi connectivity index (χ1) is 13.7. The number of amides is 2. The lowest BCUT2D eigenvalue weighted by Gasteiger charge is -2.35. The van der Waals surface area contributed by atoms with Gasteiger partial charge in [-0.25, -0.2) is 4.79 Å². The molecule has 6 nitrogen and oxygen atoms in total. The molecule has 8 heteroatoms. The van der Waals surface area contributed by atoms with E-state index in [-0.39, 0.29) is 6.03 Å². The number of urea groups is 1. The SMILES string of the molecule is N#CC(=C1CCN(C(=O)N2CCc3[nH]ncc3C2)CC1)c1ccc(SCl)cc1. The first-order valence-corrected chi connectivity index (χ1v) is 10.9. The number of carbonyl (C=O) groups is 1. The minimum Gasteiger partial charge on any atom is -0.324 e. The highest BCUT2D eigenvalue weighted by Crippen LogP contribution is 2.29. The number of nitriles is 1. The van der Waals surface area contributed by atoms with Gasteiger partial charge >= 0.3 is 6.03 Å². The van der Waals surface area contributed by atoms with E-state index >= 15 is 0 Å². The summed E-state index contributed by atoms with van der Waals surface area (Å²) >= 11 is 0. The Bertz CT molecular complexity index is 936. The number of nitrogens with one attached hydrogen (secondary N) is 1. The van der Waals surface area contributed by atoms with Crippen molar-refractivity contribution in [3.8, 4) is 6.07 Å². The summed E-state index contributed by atoms with van der Waals surface area (Å²) in [5.74, 6) is 0. The number of nitrogens with zero attached hydrogens (tertiary/aromatic N) is 4. The van der Waals surface area contributed by atoms with Crippen LogP contribution in [-0.4, -0.2) is 45.7 Å². The fourth-order valence-corrected chi connectivity index (χ4v) is 4.37. The molecule has 0 atom stereocenters. The highest BCUT2D eigenvalue weighted by molar-refractivity contribution is 8.21. The second-order valence-corrected chi connectivity index (χ2v) is 8.10. The van der Waals surface area contributed by atoms with Crippen molar-refractivity contribution >= 4 is 33.3 Å². The number of allylic oxidation sites excluding steroid dienone is 1. The molecule has 2 aliphatic rings. The number of halogens is 1. The van der Waals surface area contributed by atoms with Crippen LogP contribution < -0.4 is 0 Å². The Morgan fingerprint density at radius 2 is 1.86 bits per heavy atom. The van der Waals surface area contributed by atoms with Gasteiger partial charge in [-0.2, -0.15) is 10.4 Å². The zero-order chi connectivity index (χ0) is 19.5. The molecule has 1 saturated heterocycles. The monoisotopic (exact) mass is 413 g/mol. The van der Waals surface area contributed by atoms with Gasteiger partial charge < -0.3 is 9.80 Å². The first-order valence-electron chi connectivity index (χ1n) is 9.25. The number of fused-ring (bicyclic) bond motifs is 1. The van der Waals surface area contributed by atoms with E-state index in [1.807, 2.05) is 34.1 Å². The normalized spacial score (nSPS) is 16.5. The molecule has 0 bridgehead atoms. The molecule has 0 spiro atoms. The molecule has 2 aliphatic heterocycles. The summed E-state index contributed by atoms with van der Waals surface area (Å²) in [5.41, 5.74) is 4.98. The molecule has 1 aromatic heterocycles. The van der Waals surface area contributed by atoms with Crippen LogP contribution in [0.5, 0.6) is 0 Å². The maximum atomic E-state index is 12.9. The van der Waals surface area contributed by atoms with E-state index in [2.05, 4.69) is 16.3 Å². The fraction of sp³-hybridized carbons (Fsp3) is 0.350. The van der Waals surface area contributed by atoms with Crippen LogP contribution in [0.2, 0.25) is 0 Å². The van der Waals surface area contributed by atoms with E-state index in [4.69, 9.17) is 10.7 Å². The number of hydrogen-bond acceptors (Lipinski definition) is 4. The molecule has 0 aliphatic carbocycles. The smallest absolute Gasteiger partial charge is 0.320 e. The molecule has 3 heterocycles. The van der Waals surface area contributed by atoms with Crippen LogP contribution in [-0.2, 0) is 13.0 Å². The van der Waals surface area contributed by atoms with Crippen molar-refractivity contribution < 1.29 is 4.79 Å². The van der Waals surface area contributed by atoms with Gasteiger partial charge in [0.15, 0.2) is 0 Å². The first kappa shape index (κ1) is 18.9. The summed E-state index contributed by atoms with van der Waals surface area (Å²) in [6.45, 7) is 2.60. The van der Waals surface area contributed by atoms with Crippen LogP contribution >= 0.6 is 21.7 Å². The highest BCUT2D eigenvalue weighted by Gasteiger charge is 2.28. The summed E-state index contributed by atoms with van der Waals surface area (Å²) in [6, 6.07) is 10.1. The van der Waals surface area contributed by atoms with Gasteiger partial charge in [0.25, 0.3) is 0 Å². The molecule has 144 valence electrons. The average Bonchev–Trinajstić information content (AvgIpc) is 3.22. The van der Waals surface area contributed by atoms with Gasteiger partial charge in [0, 0.05) is 42.2 Å². The second kappa shape index (κ2) is 8.29. The predicted molar refractivity (Wildman–Crippen MR) is 110 cm³/mol. The van der Waals surface area contributed by atoms with E-state index in [0.29, 0.717) is 26.2 Å². The van der Waals surface area contributed by atoms with Gasteiger partial charge in [-0.05, 0) is 57.8 Å². The maximum Gasteiger partial charge on any atom is 0.320 e. The van der Waals surface area contributed by atoms with E-state index in [0.717, 1.165) is 63.1 Å². The number of benzene rings is 1. The van der Waals surface area contributed by atoms with E-state index in [1.54, 1.807) is 6.20 Å². The molecule has 1 N–H and O–H groups in total. The van der Waals surface area contributed by atoms with Crippen molar-refractivity contribution in [2.75, 3.05) is 19.6 Å². The van der Waals surface area contributed by atoms with E-state index < -0.39 is 0 Å². The van der Waals surface area contributed by atoms with Crippen LogP contribution in [0, 0.1) is 11.3 Å². The second-order valence-electron chi connectivity index (χ2n) is 7.01.